The van der Waals surface area contributed by atoms with Gasteiger partial charge < -0.3 is 10.5 Å². The highest BCUT2D eigenvalue weighted by atomic mass is 35.5. The topological polar surface area (TPSA) is 146 Å². The maximum absolute atomic E-state index is 12.9. The van der Waals surface area contributed by atoms with Crippen molar-refractivity contribution in [1.82, 2.24) is 30.7 Å². The Bertz CT molecular complexity index is 1280. The van der Waals surface area contributed by atoms with Crippen molar-refractivity contribution in [2.24, 2.45) is 5.10 Å². The summed E-state index contributed by atoms with van der Waals surface area (Å²) in [5.41, 5.74) is 9.95. The molecule has 4 rings (SSSR count). The van der Waals surface area contributed by atoms with Gasteiger partial charge in [-0.15, -0.1) is 5.10 Å². The van der Waals surface area contributed by atoms with Crippen LogP contribution in [0.15, 0.2) is 58.3 Å². The summed E-state index contributed by atoms with van der Waals surface area (Å²) in [6.45, 7) is 2.62. The molecule has 4 aromatic rings. The lowest BCUT2D eigenvalue weighted by atomic mass is 10.1. The molecule has 0 aliphatic rings. The number of ether oxygens (including phenoxy) is 1. The lowest BCUT2D eigenvalue weighted by Gasteiger charge is -2.08. The van der Waals surface area contributed by atoms with Crippen molar-refractivity contribution in [3.63, 3.8) is 0 Å². The molecule has 0 atom stereocenters. The molecule has 0 unspecified atom stereocenters. The quantitative estimate of drug-likeness (QED) is 0.297. The number of halogens is 1. The van der Waals surface area contributed by atoms with Gasteiger partial charge in [-0.2, -0.15) is 9.78 Å². The van der Waals surface area contributed by atoms with Crippen LogP contribution in [0.4, 0.5) is 5.82 Å². The molecule has 0 fully saturated rings. The van der Waals surface area contributed by atoms with Gasteiger partial charge in [0, 0.05) is 10.6 Å². The number of anilines is 1. The summed E-state index contributed by atoms with van der Waals surface area (Å²) in [5.74, 6) is 0.204. The fraction of sp³-hybridized carbons (Fsp3) is 0.143. The highest BCUT2D eigenvalue weighted by Gasteiger charge is 2.25. The fourth-order valence-corrected chi connectivity index (χ4v) is 3.11. The largest absolute Gasteiger partial charge is 0.494 e. The number of nitrogen functional groups attached to an aromatic ring is 1. The molecule has 3 N–H and O–H groups in total. The van der Waals surface area contributed by atoms with Crippen LogP contribution in [-0.2, 0) is 0 Å². The van der Waals surface area contributed by atoms with Crippen molar-refractivity contribution < 1.29 is 14.2 Å². The molecule has 1 amide bonds. The molecule has 0 bridgehead atoms. The van der Waals surface area contributed by atoms with Crippen LogP contribution in [0.2, 0.25) is 5.02 Å². The highest BCUT2D eigenvalue weighted by Crippen LogP contribution is 2.28. The van der Waals surface area contributed by atoms with Gasteiger partial charge in [0.25, 0.3) is 5.91 Å². The van der Waals surface area contributed by atoms with Gasteiger partial charge in [0.15, 0.2) is 5.69 Å². The number of hydrogen-bond donors (Lipinski definition) is 2. The van der Waals surface area contributed by atoms with E-state index in [-0.39, 0.29) is 17.3 Å². The first kappa shape index (κ1) is 22.0. The molecule has 0 saturated carbocycles. The molecule has 0 radical (unpaired) electrons. The Morgan fingerprint density at radius 1 is 1.27 bits per heavy atom. The second-order valence-corrected chi connectivity index (χ2v) is 7.23. The Hall–Kier alpha value is -4.25. The zero-order valence-electron chi connectivity index (χ0n) is 17.5. The summed E-state index contributed by atoms with van der Waals surface area (Å²) >= 11 is 5.97. The molecule has 12 heteroatoms. The molecule has 0 saturated heterocycles. The van der Waals surface area contributed by atoms with Gasteiger partial charge in [-0.1, -0.05) is 35.9 Å². The molecule has 2 aromatic carbocycles. The minimum absolute atomic E-state index is 0.00266. The van der Waals surface area contributed by atoms with Crippen molar-refractivity contribution in [3.8, 4) is 22.8 Å². The standard InChI is InChI=1S/C21H19ClN8O3/c1-2-10-32-16-8-6-14(7-9-16)18-17(25-29-30(18)20-19(23)27-33-28-20)21(31)26-24-12-13-4-3-5-15(22)11-13/h3-9,11-12H,2,10H2,1H3,(H2,23,27)(H,26,31)/b24-12+. The van der Waals surface area contributed by atoms with Crippen molar-refractivity contribution >= 4 is 29.5 Å². The number of hydrogen-bond acceptors (Lipinski definition) is 9. The SMILES string of the molecule is CCCOc1ccc(-c2c(C(=O)N/N=C/c3cccc(Cl)c3)nnn2-c2nonc2N)cc1. The van der Waals surface area contributed by atoms with Gasteiger partial charge in [-0.25, -0.2) is 10.1 Å². The number of amides is 1. The van der Waals surface area contributed by atoms with Crippen LogP contribution in [0.1, 0.15) is 29.4 Å². The van der Waals surface area contributed by atoms with E-state index in [4.69, 9.17) is 22.1 Å². The summed E-state index contributed by atoms with van der Waals surface area (Å²) in [5, 5.41) is 19.9. The van der Waals surface area contributed by atoms with Gasteiger partial charge >= 0.3 is 0 Å². The Morgan fingerprint density at radius 3 is 2.79 bits per heavy atom. The normalized spacial score (nSPS) is 11.1. The van der Waals surface area contributed by atoms with E-state index in [1.807, 2.05) is 6.92 Å². The summed E-state index contributed by atoms with van der Waals surface area (Å²) in [7, 11) is 0. The number of carbonyl (C=O) groups excluding carboxylic acids is 1. The Labute approximate surface area is 193 Å². The second kappa shape index (κ2) is 9.92. The first-order valence-corrected chi connectivity index (χ1v) is 10.3. The van der Waals surface area contributed by atoms with Crippen molar-refractivity contribution in [2.45, 2.75) is 13.3 Å². The van der Waals surface area contributed by atoms with E-state index in [9.17, 15) is 4.79 Å². The van der Waals surface area contributed by atoms with Gasteiger partial charge in [0.2, 0.25) is 11.6 Å². The molecule has 11 nitrogen and oxygen atoms in total. The molecule has 33 heavy (non-hydrogen) atoms. The van der Waals surface area contributed by atoms with E-state index in [2.05, 4.69) is 35.8 Å². The highest BCUT2D eigenvalue weighted by molar-refractivity contribution is 6.30. The van der Waals surface area contributed by atoms with Crippen LogP contribution in [-0.4, -0.2) is 44.0 Å². The molecule has 0 aliphatic carbocycles. The Morgan fingerprint density at radius 2 is 2.09 bits per heavy atom. The van der Waals surface area contributed by atoms with Gasteiger partial charge in [0.1, 0.15) is 11.4 Å². The first-order chi connectivity index (χ1) is 16.1. The van der Waals surface area contributed by atoms with Crippen LogP contribution >= 0.6 is 11.6 Å². The van der Waals surface area contributed by atoms with E-state index >= 15 is 0 Å². The van der Waals surface area contributed by atoms with E-state index < -0.39 is 5.91 Å². The summed E-state index contributed by atoms with van der Waals surface area (Å²) in [4.78, 5) is 12.9. The predicted octanol–water partition coefficient (Wildman–Crippen LogP) is 3.11. The molecular weight excluding hydrogens is 448 g/mol. The predicted molar refractivity (Wildman–Crippen MR) is 121 cm³/mol. The Kier molecular flexibility index (Phi) is 6.60. The summed E-state index contributed by atoms with van der Waals surface area (Å²) < 4.78 is 11.6. The van der Waals surface area contributed by atoms with E-state index in [0.29, 0.717) is 28.6 Å². The van der Waals surface area contributed by atoms with Gasteiger partial charge in [0.05, 0.1) is 12.8 Å². The van der Waals surface area contributed by atoms with Crippen molar-refractivity contribution in [1.29, 1.82) is 0 Å². The lowest BCUT2D eigenvalue weighted by Crippen LogP contribution is -2.19. The Balaban J connectivity index is 1.66. The number of nitrogens with zero attached hydrogens (tertiary/aromatic N) is 6. The average molecular weight is 467 g/mol. The van der Waals surface area contributed by atoms with Crippen molar-refractivity contribution in [2.75, 3.05) is 12.3 Å². The van der Waals surface area contributed by atoms with Crippen molar-refractivity contribution in [3.05, 3.63) is 64.8 Å². The average Bonchev–Trinajstić information content (AvgIpc) is 3.44. The molecule has 0 spiro atoms. The van der Waals surface area contributed by atoms with Crippen LogP contribution in [0.5, 0.6) is 5.75 Å². The lowest BCUT2D eigenvalue weighted by molar-refractivity contribution is 0.0950. The maximum atomic E-state index is 12.9. The third-order valence-corrected chi connectivity index (χ3v) is 4.65. The van der Waals surface area contributed by atoms with E-state index in [1.165, 1.54) is 10.9 Å². The zero-order chi connectivity index (χ0) is 23.2. The molecule has 168 valence electrons. The smallest absolute Gasteiger partial charge is 0.294 e. The number of nitrogens with two attached hydrogens (primary N) is 1. The maximum Gasteiger partial charge on any atom is 0.294 e. The van der Waals surface area contributed by atoms with E-state index in [0.717, 1.165) is 12.0 Å². The van der Waals surface area contributed by atoms with Crippen LogP contribution in [0.25, 0.3) is 17.1 Å². The van der Waals surface area contributed by atoms with Crippen LogP contribution in [0, 0.1) is 0 Å². The summed E-state index contributed by atoms with van der Waals surface area (Å²) in [6.07, 6.45) is 2.35. The fourth-order valence-electron chi connectivity index (χ4n) is 2.91. The zero-order valence-corrected chi connectivity index (χ0v) is 18.2. The monoisotopic (exact) mass is 466 g/mol. The number of carbonyl (C=O) groups is 1. The van der Waals surface area contributed by atoms with Gasteiger partial charge in [-0.3, -0.25) is 4.79 Å². The second-order valence-electron chi connectivity index (χ2n) is 6.80. The minimum atomic E-state index is -0.587. The number of benzene rings is 2. The molecule has 2 heterocycles. The third-order valence-electron chi connectivity index (χ3n) is 4.41. The third kappa shape index (κ3) is 4.99. The van der Waals surface area contributed by atoms with E-state index in [1.54, 1.807) is 48.5 Å². The minimum Gasteiger partial charge on any atom is -0.494 e. The number of rotatable bonds is 8. The van der Waals surface area contributed by atoms with Gasteiger partial charge in [-0.05, 0) is 58.7 Å². The molecule has 2 aromatic heterocycles. The van der Waals surface area contributed by atoms with Crippen LogP contribution in [0.3, 0.4) is 0 Å². The molecular formula is C21H19ClN8O3. The van der Waals surface area contributed by atoms with Crippen LogP contribution < -0.4 is 15.9 Å². The number of aromatic nitrogens is 5. The number of hydrazone groups is 1. The first-order valence-electron chi connectivity index (χ1n) is 9.93. The molecule has 0 aliphatic heterocycles. The summed E-state index contributed by atoms with van der Waals surface area (Å²) in [6, 6.07) is 14.1. The number of nitrogens with one attached hydrogen (secondary N) is 1.